The van der Waals surface area contributed by atoms with Gasteiger partial charge in [-0.25, -0.2) is 0 Å². The van der Waals surface area contributed by atoms with Gasteiger partial charge in [0, 0.05) is 12.0 Å². The van der Waals surface area contributed by atoms with Gasteiger partial charge in [-0.3, -0.25) is 0 Å². The average molecular weight is 295 g/mol. The molecular weight excluding hydrogens is 264 g/mol. The van der Waals surface area contributed by atoms with Crippen LogP contribution in [0.25, 0.3) is 0 Å². The van der Waals surface area contributed by atoms with Crippen LogP contribution in [0.15, 0.2) is 12.2 Å². The largest absolute Gasteiger partial charge is 0.417 e. The Kier molecular flexibility index (Phi) is 3.89. The molecule has 3 rings (SSSR count). The zero-order valence-electron chi connectivity index (χ0n) is 13.4. The molecule has 0 aromatic rings. The summed E-state index contributed by atoms with van der Waals surface area (Å²) in [7, 11) is -1.51. The SMILES string of the molecule is CCC1(CO[Si](C)(C)CCC23C=CC(CC2)C3)COC1. The van der Waals surface area contributed by atoms with Crippen LogP contribution < -0.4 is 0 Å². The molecule has 1 saturated carbocycles. The van der Waals surface area contributed by atoms with Gasteiger partial charge in [0.15, 0.2) is 8.32 Å². The molecule has 0 amide bonds. The lowest BCUT2D eigenvalue weighted by atomic mass is 9.84. The highest BCUT2D eigenvalue weighted by molar-refractivity contribution is 6.71. The van der Waals surface area contributed by atoms with E-state index in [2.05, 4.69) is 32.2 Å². The fourth-order valence-corrected chi connectivity index (χ4v) is 5.86. The maximum absolute atomic E-state index is 6.43. The van der Waals surface area contributed by atoms with Gasteiger partial charge in [-0.15, -0.1) is 0 Å². The fraction of sp³-hybridized carbons (Fsp3) is 0.882. The molecule has 2 nitrogen and oxygen atoms in total. The predicted molar refractivity (Wildman–Crippen MR) is 85.3 cm³/mol. The summed E-state index contributed by atoms with van der Waals surface area (Å²) in [4.78, 5) is 0. The first kappa shape index (κ1) is 14.8. The lowest BCUT2D eigenvalue weighted by molar-refractivity contribution is -0.135. The van der Waals surface area contributed by atoms with Crippen molar-refractivity contribution in [1.82, 2.24) is 0 Å². The summed E-state index contributed by atoms with van der Waals surface area (Å²) in [5, 5.41) is 0. The van der Waals surface area contributed by atoms with Crippen LogP contribution in [0.2, 0.25) is 19.1 Å². The Morgan fingerprint density at radius 2 is 2.15 bits per heavy atom. The fourth-order valence-electron chi connectivity index (χ4n) is 3.92. The minimum atomic E-state index is -1.51. The summed E-state index contributed by atoms with van der Waals surface area (Å²) < 4.78 is 11.8. The second-order valence-corrected chi connectivity index (χ2v) is 12.4. The van der Waals surface area contributed by atoms with E-state index in [9.17, 15) is 0 Å². The molecule has 1 heterocycles. The summed E-state index contributed by atoms with van der Waals surface area (Å²) >= 11 is 0. The van der Waals surface area contributed by atoms with E-state index in [1.165, 1.54) is 38.1 Å². The molecule has 2 aliphatic carbocycles. The lowest BCUT2D eigenvalue weighted by Crippen LogP contribution is -2.48. The number of ether oxygens (including phenoxy) is 1. The first-order valence-electron chi connectivity index (χ1n) is 8.38. The topological polar surface area (TPSA) is 18.5 Å². The van der Waals surface area contributed by atoms with Crippen LogP contribution in [0.5, 0.6) is 0 Å². The van der Waals surface area contributed by atoms with Crippen molar-refractivity contribution in [2.75, 3.05) is 19.8 Å². The molecule has 1 saturated heterocycles. The second-order valence-electron chi connectivity index (χ2n) is 8.12. The van der Waals surface area contributed by atoms with Crippen LogP contribution in [0, 0.1) is 16.7 Å². The number of hydrogen-bond donors (Lipinski definition) is 0. The summed E-state index contributed by atoms with van der Waals surface area (Å²) in [6, 6.07) is 1.31. The van der Waals surface area contributed by atoms with Gasteiger partial charge in [0.05, 0.1) is 13.2 Å². The van der Waals surface area contributed by atoms with Crippen molar-refractivity contribution >= 4 is 8.32 Å². The monoisotopic (exact) mass is 294 g/mol. The minimum Gasteiger partial charge on any atom is -0.417 e. The van der Waals surface area contributed by atoms with E-state index in [1.54, 1.807) is 0 Å². The normalized spacial score (nSPS) is 34.5. The molecular formula is C17H30O2Si. The average Bonchev–Trinajstić information content (AvgIpc) is 2.97. The van der Waals surface area contributed by atoms with Gasteiger partial charge in [-0.05, 0) is 62.6 Å². The van der Waals surface area contributed by atoms with Crippen molar-refractivity contribution < 1.29 is 9.16 Å². The molecule has 1 aliphatic heterocycles. The van der Waals surface area contributed by atoms with Crippen LogP contribution in [0.4, 0.5) is 0 Å². The van der Waals surface area contributed by atoms with Crippen LogP contribution >= 0.6 is 0 Å². The van der Waals surface area contributed by atoms with E-state index < -0.39 is 8.32 Å². The number of hydrogen-bond acceptors (Lipinski definition) is 2. The Bertz CT molecular complexity index is 381. The molecule has 2 atom stereocenters. The predicted octanol–water partition coefficient (Wildman–Crippen LogP) is 4.38. The number of allylic oxidation sites excluding steroid dienone is 2. The van der Waals surface area contributed by atoms with Crippen LogP contribution in [0.3, 0.4) is 0 Å². The van der Waals surface area contributed by atoms with Crippen LogP contribution in [-0.4, -0.2) is 28.1 Å². The molecule has 20 heavy (non-hydrogen) atoms. The van der Waals surface area contributed by atoms with Crippen molar-refractivity contribution in [3.05, 3.63) is 12.2 Å². The number of rotatable bonds is 7. The summed E-state index contributed by atoms with van der Waals surface area (Å²) in [6.07, 6.45) is 11.8. The third-order valence-electron chi connectivity index (χ3n) is 5.96. The zero-order chi connectivity index (χ0) is 14.3. The molecule has 0 radical (unpaired) electrons. The first-order chi connectivity index (χ1) is 9.47. The first-order valence-corrected chi connectivity index (χ1v) is 11.5. The lowest BCUT2D eigenvalue weighted by Gasteiger charge is -2.42. The number of fused-ring (bicyclic) bond motifs is 2. The van der Waals surface area contributed by atoms with E-state index in [-0.39, 0.29) is 0 Å². The Balaban J connectivity index is 1.47. The van der Waals surface area contributed by atoms with Crippen molar-refractivity contribution in [3.63, 3.8) is 0 Å². The Morgan fingerprint density at radius 1 is 1.35 bits per heavy atom. The maximum Gasteiger partial charge on any atom is 0.186 e. The Labute approximate surface area is 125 Å². The van der Waals surface area contributed by atoms with Gasteiger partial charge < -0.3 is 9.16 Å². The smallest absolute Gasteiger partial charge is 0.186 e. The molecule has 114 valence electrons. The molecule has 3 aliphatic rings. The maximum atomic E-state index is 6.43. The Hall–Kier alpha value is -0.123. The molecule has 0 N–H and O–H groups in total. The van der Waals surface area contributed by atoms with Crippen LogP contribution in [-0.2, 0) is 9.16 Å². The molecule has 2 fully saturated rings. The van der Waals surface area contributed by atoms with Crippen LogP contribution in [0.1, 0.15) is 39.0 Å². The highest BCUT2D eigenvalue weighted by Crippen LogP contribution is 2.52. The van der Waals surface area contributed by atoms with Gasteiger partial charge >= 0.3 is 0 Å². The molecule has 2 bridgehead atoms. The van der Waals surface area contributed by atoms with Gasteiger partial charge in [-0.1, -0.05) is 19.1 Å². The van der Waals surface area contributed by atoms with E-state index in [0.717, 1.165) is 25.7 Å². The molecule has 2 unspecified atom stereocenters. The Morgan fingerprint density at radius 3 is 2.60 bits per heavy atom. The van der Waals surface area contributed by atoms with Crippen molar-refractivity contribution in [1.29, 1.82) is 0 Å². The van der Waals surface area contributed by atoms with E-state index in [0.29, 0.717) is 10.8 Å². The van der Waals surface area contributed by atoms with Crippen molar-refractivity contribution in [3.8, 4) is 0 Å². The molecule has 0 spiro atoms. The van der Waals surface area contributed by atoms with Gasteiger partial charge in [0.1, 0.15) is 0 Å². The highest BCUT2D eigenvalue weighted by Gasteiger charge is 2.43. The van der Waals surface area contributed by atoms with E-state index in [1.807, 2.05) is 0 Å². The van der Waals surface area contributed by atoms with Gasteiger partial charge in [0.2, 0.25) is 0 Å². The minimum absolute atomic E-state index is 0.342. The van der Waals surface area contributed by atoms with Crippen molar-refractivity contribution in [2.24, 2.45) is 16.7 Å². The summed E-state index contributed by atoms with van der Waals surface area (Å²) in [6.45, 7) is 9.80. The molecule has 0 aromatic carbocycles. The summed E-state index contributed by atoms with van der Waals surface area (Å²) in [5.41, 5.74) is 0.897. The highest BCUT2D eigenvalue weighted by atomic mass is 28.4. The van der Waals surface area contributed by atoms with E-state index >= 15 is 0 Å². The second kappa shape index (κ2) is 5.26. The summed E-state index contributed by atoms with van der Waals surface area (Å²) in [5.74, 6) is 0.899. The molecule has 0 aromatic heterocycles. The van der Waals surface area contributed by atoms with Crippen molar-refractivity contribution in [2.45, 2.75) is 58.2 Å². The van der Waals surface area contributed by atoms with E-state index in [4.69, 9.17) is 9.16 Å². The quantitative estimate of drug-likeness (QED) is 0.512. The third-order valence-corrected chi connectivity index (χ3v) is 8.34. The third kappa shape index (κ3) is 2.90. The standard InChI is InChI=1S/C17H30O2Si/c1-4-16(12-18-13-16)14-19-20(2,3)10-9-17-7-5-15(11-17)6-8-17/h5,7,15H,4,6,8-14H2,1-3H3. The van der Waals surface area contributed by atoms with Gasteiger partial charge in [-0.2, -0.15) is 0 Å². The zero-order valence-corrected chi connectivity index (χ0v) is 14.4. The van der Waals surface area contributed by atoms with Gasteiger partial charge in [0.25, 0.3) is 0 Å². The molecule has 3 heteroatoms.